The molecule has 2 N–H and O–H groups in total. The Morgan fingerprint density at radius 2 is 2.27 bits per heavy atom. The number of amides is 1. The quantitative estimate of drug-likeness (QED) is 0.865. The second-order valence-corrected chi connectivity index (χ2v) is 5.61. The van der Waals surface area contributed by atoms with Crippen LogP contribution in [-0.2, 0) is 0 Å². The maximum absolute atomic E-state index is 11.9. The third-order valence-corrected chi connectivity index (χ3v) is 4.17. The maximum atomic E-state index is 11.9. The second kappa shape index (κ2) is 6.29. The van der Waals surface area contributed by atoms with Gasteiger partial charge in [-0.25, -0.2) is 0 Å². The van der Waals surface area contributed by atoms with Crippen LogP contribution in [0.5, 0.6) is 11.5 Å². The van der Waals surface area contributed by atoms with Gasteiger partial charge in [-0.15, -0.1) is 5.10 Å². The molecule has 8 heteroatoms. The van der Waals surface area contributed by atoms with E-state index in [1.54, 1.807) is 25.1 Å². The lowest BCUT2D eigenvalue weighted by atomic mass is 10.1. The number of fused-ring (bicyclic) bond motifs is 1. The lowest BCUT2D eigenvalue weighted by Crippen LogP contribution is -2.25. The molecule has 0 aliphatic carbocycles. The standard InChI is InChI=1S/C14H15N3O4S/c1-8-13(22-17-16-8)14(19)15-5-4-10(18)9-2-3-11-12(6-9)21-7-20-11/h2-3,6,10,18H,4-5,7H2,1H3,(H,15,19). The van der Waals surface area contributed by atoms with E-state index in [2.05, 4.69) is 14.9 Å². The van der Waals surface area contributed by atoms with Crippen molar-refractivity contribution in [3.63, 3.8) is 0 Å². The third-order valence-electron chi connectivity index (χ3n) is 3.34. The van der Waals surface area contributed by atoms with Crippen molar-refractivity contribution in [2.75, 3.05) is 13.3 Å². The van der Waals surface area contributed by atoms with Crippen molar-refractivity contribution in [3.8, 4) is 11.5 Å². The first-order valence-electron chi connectivity index (χ1n) is 6.80. The highest BCUT2D eigenvalue weighted by Gasteiger charge is 2.17. The fourth-order valence-electron chi connectivity index (χ4n) is 2.13. The van der Waals surface area contributed by atoms with Crippen molar-refractivity contribution in [2.45, 2.75) is 19.4 Å². The van der Waals surface area contributed by atoms with Gasteiger partial charge in [0.1, 0.15) is 4.88 Å². The zero-order valence-electron chi connectivity index (χ0n) is 11.9. The number of aromatic nitrogens is 2. The number of hydrogen-bond donors (Lipinski definition) is 2. The summed E-state index contributed by atoms with van der Waals surface area (Å²) in [4.78, 5) is 12.4. The largest absolute Gasteiger partial charge is 0.454 e. The van der Waals surface area contributed by atoms with E-state index >= 15 is 0 Å². The lowest BCUT2D eigenvalue weighted by Gasteiger charge is -2.12. The molecule has 2 heterocycles. The third kappa shape index (κ3) is 3.02. The summed E-state index contributed by atoms with van der Waals surface area (Å²) >= 11 is 1.06. The van der Waals surface area contributed by atoms with Crippen molar-refractivity contribution in [1.82, 2.24) is 14.9 Å². The monoisotopic (exact) mass is 321 g/mol. The summed E-state index contributed by atoms with van der Waals surface area (Å²) in [5.41, 5.74) is 1.34. The van der Waals surface area contributed by atoms with Crippen LogP contribution in [0.1, 0.15) is 33.5 Å². The zero-order valence-corrected chi connectivity index (χ0v) is 12.7. The number of hydrogen-bond acceptors (Lipinski definition) is 7. The fraction of sp³-hybridized carbons (Fsp3) is 0.357. The van der Waals surface area contributed by atoms with E-state index in [-0.39, 0.29) is 12.7 Å². The van der Waals surface area contributed by atoms with E-state index < -0.39 is 6.10 Å². The number of carbonyl (C=O) groups excluding carboxylic acids is 1. The van der Waals surface area contributed by atoms with Gasteiger partial charge in [-0.05, 0) is 42.6 Å². The van der Waals surface area contributed by atoms with Gasteiger partial charge in [0.15, 0.2) is 11.5 Å². The molecule has 0 saturated heterocycles. The van der Waals surface area contributed by atoms with Crippen LogP contribution in [0.2, 0.25) is 0 Å². The summed E-state index contributed by atoms with van der Waals surface area (Å²) in [6, 6.07) is 5.31. The van der Waals surface area contributed by atoms with Crippen LogP contribution < -0.4 is 14.8 Å². The predicted molar refractivity (Wildman–Crippen MR) is 79.1 cm³/mol. The summed E-state index contributed by atoms with van der Waals surface area (Å²) < 4.78 is 14.2. The topological polar surface area (TPSA) is 93.6 Å². The SMILES string of the molecule is Cc1nnsc1C(=O)NCCC(O)c1ccc2c(c1)OCO2. The van der Waals surface area contributed by atoms with E-state index in [0.29, 0.717) is 35.0 Å². The number of nitrogens with zero attached hydrogens (tertiary/aromatic N) is 2. The molecule has 116 valence electrons. The molecule has 1 aromatic carbocycles. The molecule has 0 spiro atoms. The first kappa shape index (κ1) is 14.7. The van der Waals surface area contributed by atoms with Gasteiger partial charge in [0.25, 0.3) is 5.91 Å². The average molecular weight is 321 g/mol. The van der Waals surface area contributed by atoms with Crippen LogP contribution in [0.25, 0.3) is 0 Å². The van der Waals surface area contributed by atoms with Gasteiger partial charge >= 0.3 is 0 Å². The maximum Gasteiger partial charge on any atom is 0.264 e. The van der Waals surface area contributed by atoms with Crippen molar-refractivity contribution in [2.24, 2.45) is 0 Å². The summed E-state index contributed by atoms with van der Waals surface area (Å²) in [6.45, 7) is 2.29. The number of rotatable bonds is 5. The van der Waals surface area contributed by atoms with E-state index in [9.17, 15) is 9.90 Å². The van der Waals surface area contributed by atoms with Gasteiger partial charge in [-0.1, -0.05) is 10.6 Å². The minimum absolute atomic E-state index is 0.202. The Labute approximate surface area is 131 Å². The van der Waals surface area contributed by atoms with E-state index in [0.717, 1.165) is 17.1 Å². The molecule has 7 nitrogen and oxygen atoms in total. The number of aliphatic hydroxyl groups is 1. The van der Waals surface area contributed by atoms with Crippen LogP contribution in [-0.4, -0.2) is 33.9 Å². The number of aryl methyl sites for hydroxylation is 1. The Bertz CT molecular complexity index is 688. The molecule has 1 unspecified atom stereocenters. The Kier molecular flexibility index (Phi) is 4.21. The van der Waals surface area contributed by atoms with Crippen LogP contribution in [0.3, 0.4) is 0 Å². The molecule has 0 saturated carbocycles. The molecular formula is C14H15N3O4S. The summed E-state index contributed by atoms with van der Waals surface area (Å²) in [5, 5.41) is 16.7. The Balaban J connectivity index is 1.53. The Hall–Kier alpha value is -2.19. The molecule has 22 heavy (non-hydrogen) atoms. The highest BCUT2D eigenvalue weighted by atomic mass is 32.1. The summed E-state index contributed by atoms with van der Waals surface area (Å²) in [7, 11) is 0. The number of carbonyl (C=O) groups is 1. The Morgan fingerprint density at radius 3 is 3.05 bits per heavy atom. The molecule has 1 amide bonds. The van der Waals surface area contributed by atoms with Crippen molar-refractivity contribution in [3.05, 3.63) is 34.3 Å². The molecule has 2 aromatic rings. The fourth-order valence-corrected chi connectivity index (χ4v) is 2.70. The second-order valence-electron chi connectivity index (χ2n) is 4.86. The Morgan fingerprint density at radius 1 is 1.45 bits per heavy atom. The van der Waals surface area contributed by atoms with Gasteiger partial charge in [0, 0.05) is 6.54 Å². The zero-order chi connectivity index (χ0) is 15.5. The normalized spacial score (nSPS) is 13.9. The average Bonchev–Trinajstić information content (AvgIpc) is 3.14. The highest BCUT2D eigenvalue weighted by molar-refractivity contribution is 7.07. The van der Waals surface area contributed by atoms with Crippen LogP contribution in [0.4, 0.5) is 0 Å². The molecule has 1 aliphatic rings. The molecule has 3 rings (SSSR count). The smallest absolute Gasteiger partial charge is 0.264 e. The van der Waals surface area contributed by atoms with Crippen LogP contribution >= 0.6 is 11.5 Å². The molecule has 1 aromatic heterocycles. The van der Waals surface area contributed by atoms with Crippen LogP contribution in [0, 0.1) is 6.92 Å². The molecule has 1 atom stereocenters. The number of ether oxygens (including phenoxy) is 2. The minimum Gasteiger partial charge on any atom is -0.454 e. The van der Waals surface area contributed by atoms with Crippen LogP contribution in [0.15, 0.2) is 18.2 Å². The number of aliphatic hydroxyl groups excluding tert-OH is 1. The van der Waals surface area contributed by atoms with Gasteiger partial charge in [0.05, 0.1) is 11.8 Å². The number of nitrogens with one attached hydrogen (secondary N) is 1. The van der Waals surface area contributed by atoms with E-state index in [1.807, 2.05) is 0 Å². The van der Waals surface area contributed by atoms with Gasteiger partial charge in [0.2, 0.25) is 6.79 Å². The van der Waals surface area contributed by atoms with Gasteiger partial charge in [-0.3, -0.25) is 4.79 Å². The van der Waals surface area contributed by atoms with Crippen molar-refractivity contribution >= 4 is 17.4 Å². The molecule has 0 fully saturated rings. The minimum atomic E-state index is -0.685. The van der Waals surface area contributed by atoms with Gasteiger partial charge in [-0.2, -0.15) is 0 Å². The van der Waals surface area contributed by atoms with Crippen molar-refractivity contribution in [1.29, 1.82) is 0 Å². The first-order valence-corrected chi connectivity index (χ1v) is 7.57. The van der Waals surface area contributed by atoms with Crippen molar-refractivity contribution < 1.29 is 19.4 Å². The lowest BCUT2D eigenvalue weighted by molar-refractivity contribution is 0.0946. The summed E-state index contributed by atoms with van der Waals surface area (Å²) in [6.07, 6.45) is -0.285. The highest BCUT2D eigenvalue weighted by Crippen LogP contribution is 2.34. The predicted octanol–water partition coefficient (Wildman–Crippen LogP) is 1.43. The molecule has 1 aliphatic heterocycles. The van der Waals surface area contributed by atoms with E-state index in [4.69, 9.17) is 9.47 Å². The van der Waals surface area contributed by atoms with E-state index in [1.165, 1.54) is 0 Å². The molecule has 0 bridgehead atoms. The summed E-state index contributed by atoms with van der Waals surface area (Å²) in [5.74, 6) is 1.09. The molecular weight excluding hydrogens is 306 g/mol. The first-order chi connectivity index (χ1) is 10.6. The molecule has 0 radical (unpaired) electrons. The van der Waals surface area contributed by atoms with Gasteiger partial charge < -0.3 is 19.9 Å². The number of benzene rings is 1.